The summed E-state index contributed by atoms with van der Waals surface area (Å²) in [7, 11) is 0. The van der Waals surface area contributed by atoms with Crippen molar-refractivity contribution in [3.05, 3.63) is 283 Å². The van der Waals surface area contributed by atoms with Crippen molar-refractivity contribution in [3.8, 4) is 67.1 Å². The van der Waals surface area contributed by atoms with E-state index in [1.807, 2.05) is 6.07 Å². The summed E-state index contributed by atoms with van der Waals surface area (Å²) in [6, 6.07) is 95.1. The van der Waals surface area contributed by atoms with Crippen LogP contribution in [0.15, 0.2) is 261 Å². The highest BCUT2D eigenvalue weighted by atomic mass is 16.5. The molecule has 1 heterocycles. The van der Waals surface area contributed by atoms with Crippen molar-refractivity contribution in [1.82, 2.24) is 0 Å². The Morgan fingerprint density at radius 1 is 0.284 bits per heavy atom. The van der Waals surface area contributed by atoms with E-state index in [4.69, 9.17) is 4.74 Å². The van der Waals surface area contributed by atoms with E-state index in [-0.39, 0.29) is 0 Å². The van der Waals surface area contributed by atoms with Crippen molar-refractivity contribution in [2.75, 3.05) is 4.90 Å². The standard InChI is InChI=1S/C65H43NO/c1-3-16-44(17-4-1)45-32-34-46(35-33-45)47-36-38-53(39-37-47)66(54-23-13-18-48(41-54)50-40-49-19-14-31-63-64(49)59(42-50)58-27-9-12-30-62(58)67-63)55-24-15-22-52(43-55)65(51-20-5-2-6-21-51)60-28-10-7-25-56(60)57-26-8-11-29-61(57)65/h1-43H. The summed E-state index contributed by atoms with van der Waals surface area (Å²) in [6.45, 7) is 0. The number of para-hydroxylation sites is 1. The van der Waals surface area contributed by atoms with Crippen molar-refractivity contribution in [2.45, 2.75) is 5.41 Å². The highest BCUT2D eigenvalue weighted by Crippen LogP contribution is 2.57. The van der Waals surface area contributed by atoms with E-state index in [1.54, 1.807) is 0 Å². The Balaban J connectivity index is 0.978. The molecular weight excluding hydrogens is 811 g/mol. The molecule has 0 saturated carbocycles. The molecule has 0 bridgehead atoms. The molecule has 67 heavy (non-hydrogen) atoms. The molecule has 11 aromatic rings. The largest absolute Gasteiger partial charge is 0.456 e. The second-order valence-corrected chi connectivity index (χ2v) is 17.6. The van der Waals surface area contributed by atoms with Crippen LogP contribution in [-0.2, 0) is 5.41 Å². The molecule has 1 aliphatic heterocycles. The van der Waals surface area contributed by atoms with Gasteiger partial charge in [0.2, 0.25) is 0 Å². The second-order valence-electron chi connectivity index (χ2n) is 17.6. The molecule has 0 N–H and O–H groups in total. The van der Waals surface area contributed by atoms with Gasteiger partial charge < -0.3 is 9.64 Å². The quantitative estimate of drug-likeness (QED) is 0.151. The number of nitrogens with zero attached hydrogens (tertiary/aromatic N) is 1. The average Bonchev–Trinajstić information content (AvgIpc) is 3.71. The predicted molar refractivity (Wildman–Crippen MR) is 278 cm³/mol. The minimum absolute atomic E-state index is 0.529. The third-order valence-electron chi connectivity index (χ3n) is 13.9. The summed E-state index contributed by atoms with van der Waals surface area (Å²) < 4.78 is 6.42. The van der Waals surface area contributed by atoms with Gasteiger partial charge in [-0.25, -0.2) is 0 Å². The topological polar surface area (TPSA) is 12.5 Å². The minimum atomic E-state index is -0.529. The molecule has 2 nitrogen and oxygen atoms in total. The number of fused-ring (bicyclic) bond motifs is 5. The summed E-state index contributed by atoms with van der Waals surface area (Å²) in [4.78, 5) is 2.42. The van der Waals surface area contributed by atoms with Gasteiger partial charge in [0, 0.05) is 28.0 Å². The van der Waals surface area contributed by atoms with E-state index >= 15 is 0 Å². The van der Waals surface area contributed by atoms with Crippen molar-refractivity contribution in [2.24, 2.45) is 0 Å². The molecule has 2 aliphatic rings. The third-order valence-corrected chi connectivity index (χ3v) is 13.9. The SMILES string of the molecule is c1ccc(-c2ccc(-c3ccc(N(c4cccc(-c5cc6c7c(cccc7c5)Oc5ccccc5-6)c4)c4cccc(C5(c6ccccc6)c6ccccc6-c6ccccc65)c4)cc3)cc2)cc1. The molecule has 314 valence electrons. The molecule has 0 spiro atoms. The van der Waals surface area contributed by atoms with E-state index < -0.39 is 5.41 Å². The Kier molecular flexibility index (Phi) is 9.11. The Hall–Kier alpha value is -8.72. The van der Waals surface area contributed by atoms with Gasteiger partial charge in [0.25, 0.3) is 0 Å². The van der Waals surface area contributed by atoms with Crippen LogP contribution in [0.1, 0.15) is 22.3 Å². The van der Waals surface area contributed by atoms with E-state index in [1.165, 1.54) is 61.2 Å². The molecule has 0 saturated heterocycles. The first-order valence-corrected chi connectivity index (χ1v) is 23.1. The van der Waals surface area contributed by atoms with Gasteiger partial charge in [0.05, 0.1) is 5.41 Å². The van der Waals surface area contributed by atoms with Gasteiger partial charge in [0.15, 0.2) is 0 Å². The average molecular weight is 854 g/mol. The van der Waals surface area contributed by atoms with Gasteiger partial charge in [-0.2, -0.15) is 0 Å². The van der Waals surface area contributed by atoms with E-state index in [0.29, 0.717) is 0 Å². The van der Waals surface area contributed by atoms with Crippen molar-refractivity contribution in [3.63, 3.8) is 0 Å². The molecular formula is C65H43NO. The molecule has 0 amide bonds. The second kappa shape index (κ2) is 15.8. The molecule has 0 radical (unpaired) electrons. The summed E-state index contributed by atoms with van der Waals surface area (Å²) in [5.74, 6) is 1.78. The Bertz CT molecular complexity index is 3600. The zero-order chi connectivity index (χ0) is 44.3. The van der Waals surface area contributed by atoms with E-state index in [9.17, 15) is 0 Å². The number of hydrogen-bond donors (Lipinski definition) is 0. The maximum absolute atomic E-state index is 6.42. The molecule has 0 fully saturated rings. The number of ether oxygens (including phenoxy) is 1. The van der Waals surface area contributed by atoms with Crippen LogP contribution in [0.3, 0.4) is 0 Å². The lowest BCUT2D eigenvalue weighted by Gasteiger charge is -2.35. The van der Waals surface area contributed by atoms with Crippen LogP contribution in [-0.4, -0.2) is 0 Å². The molecule has 1 aliphatic carbocycles. The monoisotopic (exact) mass is 853 g/mol. The fraction of sp³-hybridized carbons (Fsp3) is 0.0154. The lowest BCUT2D eigenvalue weighted by Crippen LogP contribution is -2.28. The number of anilines is 3. The Morgan fingerprint density at radius 2 is 0.791 bits per heavy atom. The van der Waals surface area contributed by atoms with Crippen molar-refractivity contribution in [1.29, 1.82) is 0 Å². The fourth-order valence-corrected chi connectivity index (χ4v) is 10.9. The first-order chi connectivity index (χ1) is 33.2. The van der Waals surface area contributed by atoms with Crippen LogP contribution in [0.5, 0.6) is 11.5 Å². The summed E-state index contributed by atoms with van der Waals surface area (Å²) >= 11 is 0. The highest BCUT2D eigenvalue weighted by Gasteiger charge is 2.46. The van der Waals surface area contributed by atoms with Gasteiger partial charge in [-0.05, 0) is 138 Å². The fourth-order valence-electron chi connectivity index (χ4n) is 10.9. The van der Waals surface area contributed by atoms with E-state index in [2.05, 4.69) is 260 Å². The number of hydrogen-bond acceptors (Lipinski definition) is 2. The third kappa shape index (κ3) is 6.33. The smallest absolute Gasteiger partial charge is 0.135 e. The highest BCUT2D eigenvalue weighted by molar-refractivity contribution is 6.06. The molecule has 0 aromatic heterocycles. The van der Waals surface area contributed by atoms with Gasteiger partial charge in [0.1, 0.15) is 11.5 Å². The van der Waals surface area contributed by atoms with Crippen LogP contribution in [0, 0.1) is 0 Å². The normalized spacial score (nSPS) is 12.7. The number of rotatable bonds is 8. The lowest BCUT2D eigenvalue weighted by molar-refractivity contribution is 0.487. The van der Waals surface area contributed by atoms with Crippen molar-refractivity contribution < 1.29 is 4.74 Å². The summed E-state index contributed by atoms with van der Waals surface area (Å²) in [5, 5.41) is 2.31. The van der Waals surface area contributed by atoms with Crippen LogP contribution < -0.4 is 9.64 Å². The van der Waals surface area contributed by atoms with Crippen LogP contribution in [0.4, 0.5) is 17.1 Å². The zero-order valence-corrected chi connectivity index (χ0v) is 36.7. The first-order valence-electron chi connectivity index (χ1n) is 23.1. The molecule has 11 aromatic carbocycles. The molecule has 13 rings (SSSR count). The Morgan fingerprint density at radius 3 is 1.49 bits per heavy atom. The first kappa shape index (κ1) is 38.7. The summed E-state index contributed by atoms with van der Waals surface area (Å²) in [5.41, 5.74) is 19.7. The van der Waals surface area contributed by atoms with Crippen LogP contribution in [0.25, 0.3) is 66.4 Å². The zero-order valence-electron chi connectivity index (χ0n) is 36.7. The van der Waals surface area contributed by atoms with Crippen LogP contribution >= 0.6 is 0 Å². The molecule has 0 atom stereocenters. The van der Waals surface area contributed by atoms with Crippen molar-refractivity contribution >= 4 is 27.8 Å². The van der Waals surface area contributed by atoms with Gasteiger partial charge in [-0.3, -0.25) is 0 Å². The van der Waals surface area contributed by atoms with Gasteiger partial charge in [-0.15, -0.1) is 0 Å². The van der Waals surface area contributed by atoms with Gasteiger partial charge >= 0.3 is 0 Å². The van der Waals surface area contributed by atoms with Gasteiger partial charge in [-0.1, -0.05) is 200 Å². The van der Waals surface area contributed by atoms with E-state index in [0.717, 1.165) is 56.0 Å². The van der Waals surface area contributed by atoms with Crippen LogP contribution in [0.2, 0.25) is 0 Å². The minimum Gasteiger partial charge on any atom is -0.456 e. The maximum Gasteiger partial charge on any atom is 0.135 e. The Labute approximate surface area is 391 Å². The molecule has 0 unspecified atom stereocenters. The maximum atomic E-state index is 6.42. The summed E-state index contributed by atoms with van der Waals surface area (Å²) in [6.07, 6.45) is 0. The number of benzene rings is 11. The predicted octanol–water partition coefficient (Wildman–Crippen LogP) is 17.4. The molecule has 2 heteroatoms. The lowest BCUT2D eigenvalue weighted by atomic mass is 9.67.